The normalized spacial score (nSPS) is 20.4. The highest BCUT2D eigenvalue weighted by Crippen LogP contribution is 2.41. The first kappa shape index (κ1) is 16.7. The van der Waals surface area contributed by atoms with E-state index < -0.39 is 5.97 Å². The predicted octanol–water partition coefficient (Wildman–Crippen LogP) is 2.70. The van der Waals surface area contributed by atoms with Crippen LogP contribution in [0.2, 0.25) is 0 Å². The minimum Gasteiger partial charge on any atom is -0.504 e. The van der Waals surface area contributed by atoms with Crippen molar-refractivity contribution in [1.29, 1.82) is 0 Å². The third kappa shape index (κ3) is 2.84. The lowest BCUT2D eigenvalue weighted by Crippen LogP contribution is -2.42. The zero-order chi connectivity index (χ0) is 17.3. The summed E-state index contributed by atoms with van der Waals surface area (Å²) in [7, 11) is 2.88. The largest absolute Gasteiger partial charge is 0.504 e. The van der Waals surface area contributed by atoms with Gasteiger partial charge in [0, 0.05) is 12.3 Å². The van der Waals surface area contributed by atoms with E-state index in [1.807, 2.05) is 13.0 Å². The molecule has 128 valence electrons. The molecule has 1 N–H and O–H groups in total. The first-order valence-electron chi connectivity index (χ1n) is 7.71. The molecule has 1 aromatic carbocycles. The summed E-state index contributed by atoms with van der Waals surface area (Å²) in [6, 6.07) is 4.88. The van der Waals surface area contributed by atoms with Crippen LogP contribution >= 0.6 is 11.8 Å². The number of aliphatic imine (C=N–C) groups is 1. The molecule has 1 fully saturated rings. The van der Waals surface area contributed by atoms with Crippen LogP contribution < -0.4 is 4.74 Å². The van der Waals surface area contributed by atoms with Crippen molar-refractivity contribution in [2.45, 2.75) is 19.4 Å². The number of aromatic hydroxyl groups is 1. The summed E-state index contributed by atoms with van der Waals surface area (Å²) in [5, 5.41) is 11.1. The Morgan fingerprint density at radius 2 is 2.21 bits per heavy atom. The van der Waals surface area contributed by atoms with E-state index in [1.165, 1.54) is 14.2 Å². The van der Waals surface area contributed by atoms with Crippen LogP contribution in [0.5, 0.6) is 11.5 Å². The molecule has 0 saturated carbocycles. The Labute approximate surface area is 145 Å². The fraction of sp³-hybridized carbons (Fsp3) is 0.412. The van der Waals surface area contributed by atoms with Crippen LogP contribution in [0.25, 0.3) is 0 Å². The summed E-state index contributed by atoms with van der Waals surface area (Å²) < 4.78 is 10.1. The van der Waals surface area contributed by atoms with Gasteiger partial charge in [-0.3, -0.25) is 0 Å². The van der Waals surface area contributed by atoms with Crippen LogP contribution in [0.1, 0.15) is 24.9 Å². The van der Waals surface area contributed by atoms with E-state index in [0.717, 1.165) is 29.4 Å². The highest BCUT2D eigenvalue weighted by atomic mass is 32.2. The van der Waals surface area contributed by atoms with Gasteiger partial charge in [-0.05, 0) is 31.0 Å². The lowest BCUT2D eigenvalue weighted by Gasteiger charge is -2.40. The number of esters is 1. The number of phenolic OH excluding ortho intramolecular Hbond substituents is 1. The molecule has 1 atom stereocenters. The SMILES string of the molecule is COC(=O)C1=C(C)N=C2SCCCN2C1c1ccc(OC)c(O)c1. The van der Waals surface area contributed by atoms with E-state index in [-0.39, 0.29) is 11.8 Å². The highest BCUT2D eigenvalue weighted by Gasteiger charge is 2.37. The number of phenols is 1. The molecule has 0 radical (unpaired) electrons. The average molecular weight is 348 g/mol. The number of ether oxygens (including phenoxy) is 2. The first-order chi connectivity index (χ1) is 11.6. The maximum Gasteiger partial charge on any atom is 0.338 e. The van der Waals surface area contributed by atoms with Gasteiger partial charge >= 0.3 is 5.97 Å². The summed E-state index contributed by atoms with van der Waals surface area (Å²) in [5.41, 5.74) is 1.97. The third-order valence-corrected chi connectivity index (χ3v) is 5.26. The number of methoxy groups -OCH3 is 2. The molecule has 2 aliphatic rings. The summed E-state index contributed by atoms with van der Waals surface area (Å²) in [6.45, 7) is 2.62. The van der Waals surface area contributed by atoms with E-state index in [4.69, 9.17) is 9.47 Å². The zero-order valence-electron chi connectivity index (χ0n) is 13.9. The molecule has 6 nitrogen and oxygen atoms in total. The number of allylic oxidation sites excluding steroid dienone is 1. The minimum absolute atomic E-state index is 0.0468. The molecule has 0 aliphatic carbocycles. The predicted molar refractivity (Wildman–Crippen MR) is 93.3 cm³/mol. The molecule has 2 aliphatic heterocycles. The molecular weight excluding hydrogens is 328 g/mol. The summed E-state index contributed by atoms with van der Waals surface area (Å²) >= 11 is 1.68. The molecule has 2 heterocycles. The Bertz CT molecular complexity index is 729. The number of thioether (sulfide) groups is 1. The monoisotopic (exact) mass is 348 g/mol. The molecule has 1 aromatic rings. The van der Waals surface area contributed by atoms with Crippen molar-refractivity contribution >= 4 is 22.9 Å². The second-order valence-corrected chi connectivity index (χ2v) is 6.68. The molecule has 24 heavy (non-hydrogen) atoms. The van der Waals surface area contributed by atoms with Crippen molar-refractivity contribution in [3.8, 4) is 11.5 Å². The van der Waals surface area contributed by atoms with Gasteiger partial charge in [0.1, 0.15) is 0 Å². The molecule has 1 saturated heterocycles. The highest BCUT2D eigenvalue weighted by molar-refractivity contribution is 8.13. The van der Waals surface area contributed by atoms with Crippen LogP contribution in [0.15, 0.2) is 34.5 Å². The molecular formula is C17H20N2O4S. The van der Waals surface area contributed by atoms with Gasteiger partial charge in [-0.25, -0.2) is 9.79 Å². The van der Waals surface area contributed by atoms with Gasteiger partial charge in [-0.2, -0.15) is 0 Å². The smallest absolute Gasteiger partial charge is 0.338 e. The molecule has 0 amide bonds. The topological polar surface area (TPSA) is 71.4 Å². The van der Waals surface area contributed by atoms with E-state index in [1.54, 1.807) is 23.9 Å². The maximum absolute atomic E-state index is 12.4. The van der Waals surface area contributed by atoms with E-state index in [0.29, 0.717) is 17.0 Å². The van der Waals surface area contributed by atoms with E-state index in [2.05, 4.69) is 9.89 Å². The molecule has 0 aromatic heterocycles. The fourth-order valence-electron chi connectivity index (χ4n) is 3.06. The molecule has 1 unspecified atom stereocenters. The van der Waals surface area contributed by atoms with Crippen LogP contribution in [-0.2, 0) is 9.53 Å². The molecule has 0 spiro atoms. The van der Waals surface area contributed by atoms with Crippen molar-refractivity contribution in [2.24, 2.45) is 4.99 Å². The van der Waals surface area contributed by atoms with Gasteiger partial charge in [0.25, 0.3) is 0 Å². The summed E-state index contributed by atoms with van der Waals surface area (Å²) in [6.07, 6.45) is 1.01. The lowest BCUT2D eigenvalue weighted by molar-refractivity contribution is -0.136. The summed E-state index contributed by atoms with van der Waals surface area (Å²) in [5.74, 6) is 1.06. The number of carbonyl (C=O) groups is 1. The van der Waals surface area contributed by atoms with Crippen molar-refractivity contribution in [1.82, 2.24) is 4.90 Å². The first-order valence-corrected chi connectivity index (χ1v) is 8.69. The number of hydrogen-bond acceptors (Lipinski definition) is 7. The van der Waals surface area contributed by atoms with E-state index >= 15 is 0 Å². The molecule has 0 bridgehead atoms. The van der Waals surface area contributed by atoms with E-state index in [9.17, 15) is 9.90 Å². The standard InChI is InChI=1S/C17H20N2O4S/c1-10-14(16(21)23-3)15(19-7-4-8-24-17(19)18-10)11-5-6-13(22-2)12(20)9-11/h5-6,9,15,20H,4,7-8H2,1-3H3. The van der Waals surface area contributed by atoms with Crippen LogP contribution in [-0.4, -0.2) is 47.7 Å². The van der Waals surface area contributed by atoms with Crippen molar-refractivity contribution < 1.29 is 19.4 Å². The quantitative estimate of drug-likeness (QED) is 0.847. The number of benzene rings is 1. The second kappa shape index (κ2) is 6.76. The summed E-state index contributed by atoms with van der Waals surface area (Å²) in [4.78, 5) is 19.1. The van der Waals surface area contributed by atoms with Crippen LogP contribution in [0.3, 0.4) is 0 Å². The number of carbonyl (C=O) groups excluding carboxylic acids is 1. The Hall–Kier alpha value is -2.15. The number of rotatable bonds is 3. The minimum atomic E-state index is -0.397. The lowest BCUT2D eigenvalue weighted by atomic mass is 9.94. The molecule has 3 rings (SSSR count). The van der Waals surface area contributed by atoms with Gasteiger partial charge in [-0.15, -0.1) is 0 Å². The molecule has 7 heteroatoms. The number of amidine groups is 1. The van der Waals surface area contributed by atoms with Gasteiger partial charge in [0.2, 0.25) is 0 Å². The number of fused-ring (bicyclic) bond motifs is 1. The third-order valence-electron chi connectivity index (χ3n) is 4.18. The van der Waals surface area contributed by atoms with Crippen molar-refractivity contribution in [3.05, 3.63) is 35.0 Å². The Kier molecular flexibility index (Phi) is 4.71. The zero-order valence-corrected chi connectivity index (χ0v) is 14.7. The Balaban J connectivity index is 2.12. The van der Waals surface area contributed by atoms with Gasteiger partial charge in [0.05, 0.1) is 31.5 Å². The number of hydrogen-bond donors (Lipinski definition) is 1. The fourth-order valence-corrected chi connectivity index (χ4v) is 4.08. The second-order valence-electron chi connectivity index (χ2n) is 5.61. The van der Waals surface area contributed by atoms with Gasteiger partial charge in [-0.1, -0.05) is 17.8 Å². The average Bonchev–Trinajstić information content (AvgIpc) is 2.59. The van der Waals surface area contributed by atoms with Crippen molar-refractivity contribution in [2.75, 3.05) is 26.5 Å². The Morgan fingerprint density at radius 3 is 2.88 bits per heavy atom. The Morgan fingerprint density at radius 1 is 1.42 bits per heavy atom. The maximum atomic E-state index is 12.4. The van der Waals surface area contributed by atoms with Gasteiger partial charge < -0.3 is 19.5 Å². The van der Waals surface area contributed by atoms with Gasteiger partial charge in [0.15, 0.2) is 16.7 Å². The van der Waals surface area contributed by atoms with Crippen molar-refractivity contribution in [3.63, 3.8) is 0 Å². The van der Waals surface area contributed by atoms with Crippen LogP contribution in [0.4, 0.5) is 0 Å². The van der Waals surface area contributed by atoms with Crippen LogP contribution in [0, 0.1) is 0 Å². The number of nitrogens with zero attached hydrogens (tertiary/aromatic N) is 2.